The van der Waals surface area contributed by atoms with Crippen molar-refractivity contribution in [2.75, 3.05) is 39.2 Å². The van der Waals surface area contributed by atoms with E-state index in [1.807, 2.05) is 24.3 Å². The lowest BCUT2D eigenvalue weighted by atomic mass is 10.1. The van der Waals surface area contributed by atoms with Crippen LogP contribution in [0.3, 0.4) is 0 Å². The van der Waals surface area contributed by atoms with Gasteiger partial charge in [-0.25, -0.2) is 0 Å². The minimum absolute atomic E-state index is 0.0163. The summed E-state index contributed by atoms with van der Waals surface area (Å²) in [5.74, 6) is -0.138. The second-order valence-corrected chi connectivity index (χ2v) is 4.75. The quantitative estimate of drug-likeness (QED) is 0.697. The SMILES string of the molecule is COCCNCC(=O)Nc1ccccc1CN(C)C(C)=O. The van der Waals surface area contributed by atoms with Crippen molar-refractivity contribution in [3.05, 3.63) is 29.8 Å². The summed E-state index contributed by atoms with van der Waals surface area (Å²) in [7, 11) is 3.34. The van der Waals surface area contributed by atoms with Crippen LogP contribution in [0.15, 0.2) is 24.3 Å². The molecule has 116 valence electrons. The van der Waals surface area contributed by atoms with Gasteiger partial charge in [0.1, 0.15) is 0 Å². The van der Waals surface area contributed by atoms with E-state index in [9.17, 15) is 9.59 Å². The molecule has 0 atom stereocenters. The third-order valence-electron chi connectivity index (χ3n) is 3.01. The van der Waals surface area contributed by atoms with E-state index in [1.165, 1.54) is 6.92 Å². The molecular formula is C15H23N3O3. The van der Waals surface area contributed by atoms with Gasteiger partial charge in [0.15, 0.2) is 0 Å². The summed E-state index contributed by atoms with van der Waals surface area (Å²) in [4.78, 5) is 24.8. The van der Waals surface area contributed by atoms with Crippen LogP contribution in [-0.2, 0) is 20.9 Å². The lowest BCUT2D eigenvalue weighted by molar-refractivity contribution is -0.128. The highest BCUT2D eigenvalue weighted by molar-refractivity contribution is 5.93. The zero-order valence-corrected chi connectivity index (χ0v) is 12.8. The molecule has 0 unspecified atom stereocenters. The molecule has 6 heteroatoms. The number of amides is 2. The van der Waals surface area contributed by atoms with E-state index in [2.05, 4.69) is 10.6 Å². The normalized spacial score (nSPS) is 10.2. The van der Waals surface area contributed by atoms with Gasteiger partial charge in [-0.2, -0.15) is 0 Å². The van der Waals surface area contributed by atoms with Gasteiger partial charge >= 0.3 is 0 Å². The van der Waals surface area contributed by atoms with Crippen LogP contribution in [0.1, 0.15) is 12.5 Å². The number of para-hydroxylation sites is 1. The third kappa shape index (κ3) is 6.37. The van der Waals surface area contributed by atoms with Gasteiger partial charge in [0, 0.05) is 39.9 Å². The van der Waals surface area contributed by atoms with Gasteiger partial charge in [-0.05, 0) is 11.6 Å². The van der Waals surface area contributed by atoms with Crippen LogP contribution < -0.4 is 10.6 Å². The van der Waals surface area contributed by atoms with Gasteiger partial charge in [0.05, 0.1) is 13.2 Å². The highest BCUT2D eigenvalue weighted by atomic mass is 16.5. The molecule has 21 heavy (non-hydrogen) atoms. The molecule has 0 aliphatic carbocycles. The van der Waals surface area contributed by atoms with Crippen molar-refractivity contribution in [2.45, 2.75) is 13.5 Å². The average Bonchev–Trinajstić information content (AvgIpc) is 2.45. The van der Waals surface area contributed by atoms with Gasteiger partial charge < -0.3 is 20.3 Å². The molecule has 0 aliphatic rings. The van der Waals surface area contributed by atoms with Crippen molar-refractivity contribution in [2.24, 2.45) is 0 Å². The molecule has 0 fully saturated rings. The Kier molecular flexibility index (Phi) is 7.42. The Morgan fingerprint density at radius 2 is 2.00 bits per heavy atom. The first-order chi connectivity index (χ1) is 10.0. The van der Waals surface area contributed by atoms with Crippen LogP contribution in [0.5, 0.6) is 0 Å². The number of nitrogens with one attached hydrogen (secondary N) is 2. The molecule has 0 heterocycles. The van der Waals surface area contributed by atoms with E-state index in [1.54, 1.807) is 19.1 Å². The summed E-state index contributed by atoms with van der Waals surface area (Å²) in [5.41, 5.74) is 1.63. The molecule has 1 rings (SSSR count). The van der Waals surface area contributed by atoms with Crippen LogP contribution in [0.2, 0.25) is 0 Å². The standard InChI is InChI=1S/C15H23N3O3/c1-12(19)18(2)11-13-6-4-5-7-14(13)17-15(20)10-16-8-9-21-3/h4-7,16H,8-11H2,1-3H3,(H,17,20). The number of rotatable bonds is 8. The predicted molar refractivity (Wildman–Crippen MR) is 82.0 cm³/mol. The second-order valence-electron chi connectivity index (χ2n) is 4.75. The number of methoxy groups -OCH3 is 1. The minimum Gasteiger partial charge on any atom is -0.383 e. The number of hydrogen-bond acceptors (Lipinski definition) is 4. The van der Waals surface area contributed by atoms with E-state index >= 15 is 0 Å². The van der Waals surface area contributed by atoms with Crippen molar-refractivity contribution in [3.8, 4) is 0 Å². The van der Waals surface area contributed by atoms with Gasteiger partial charge in [0.25, 0.3) is 0 Å². The molecule has 0 aliphatic heterocycles. The van der Waals surface area contributed by atoms with E-state index in [-0.39, 0.29) is 18.4 Å². The largest absolute Gasteiger partial charge is 0.383 e. The maximum Gasteiger partial charge on any atom is 0.238 e. The lowest BCUT2D eigenvalue weighted by Gasteiger charge is -2.18. The van der Waals surface area contributed by atoms with Crippen molar-refractivity contribution < 1.29 is 14.3 Å². The summed E-state index contributed by atoms with van der Waals surface area (Å²) in [5, 5.41) is 5.83. The Balaban J connectivity index is 2.58. The molecule has 0 spiro atoms. The third-order valence-corrected chi connectivity index (χ3v) is 3.01. The number of carbonyl (C=O) groups excluding carboxylic acids is 2. The number of hydrogen-bond donors (Lipinski definition) is 2. The number of ether oxygens (including phenoxy) is 1. The minimum atomic E-state index is -0.121. The second kappa shape index (κ2) is 9.10. The van der Waals surface area contributed by atoms with Crippen molar-refractivity contribution >= 4 is 17.5 Å². The zero-order chi connectivity index (χ0) is 15.7. The Bertz CT molecular complexity index is 477. The molecule has 0 bridgehead atoms. The fourth-order valence-electron chi connectivity index (χ4n) is 1.72. The average molecular weight is 293 g/mol. The molecule has 0 aromatic heterocycles. The summed E-state index contributed by atoms with van der Waals surface area (Å²) in [6.07, 6.45) is 0. The number of nitrogens with zero attached hydrogens (tertiary/aromatic N) is 1. The van der Waals surface area contributed by atoms with Crippen molar-refractivity contribution in [3.63, 3.8) is 0 Å². The molecule has 6 nitrogen and oxygen atoms in total. The molecule has 1 aromatic carbocycles. The summed E-state index contributed by atoms with van der Waals surface area (Å²) in [6, 6.07) is 7.46. The summed E-state index contributed by atoms with van der Waals surface area (Å²) >= 11 is 0. The monoisotopic (exact) mass is 293 g/mol. The first-order valence-electron chi connectivity index (χ1n) is 6.83. The fraction of sp³-hybridized carbons (Fsp3) is 0.467. The van der Waals surface area contributed by atoms with E-state index in [0.717, 1.165) is 11.3 Å². The first kappa shape index (κ1) is 17.1. The number of carbonyl (C=O) groups is 2. The molecule has 0 saturated heterocycles. The molecule has 0 saturated carbocycles. The Labute approximate surface area is 125 Å². The molecule has 0 radical (unpaired) electrons. The Hall–Kier alpha value is -1.92. The van der Waals surface area contributed by atoms with Gasteiger partial charge in [0.2, 0.25) is 11.8 Å². The topological polar surface area (TPSA) is 70.7 Å². The van der Waals surface area contributed by atoms with Gasteiger partial charge in [-0.3, -0.25) is 9.59 Å². The predicted octanol–water partition coefficient (Wildman–Crippen LogP) is 0.839. The molecule has 2 amide bonds. The smallest absolute Gasteiger partial charge is 0.238 e. The van der Waals surface area contributed by atoms with E-state index < -0.39 is 0 Å². The van der Waals surface area contributed by atoms with E-state index in [0.29, 0.717) is 19.7 Å². The lowest BCUT2D eigenvalue weighted by Crippen LogP contribution is -2.31. The van der Waals surface area contributed by atoms with Crippen molar-refractivity contribution in [1.82, 2.24) is 10.2 Å². The zero-order valence-electron chi connectivity index (χ0n) is 12.8. The number of benzene rings is 1. The van der Waals surface area contributed by atoms with Gasteiger partial charge in [-0.1, -0.05) is 18.2 Å². The van der Waals surface area contributed by atoms with E-state index in [4.69, 9.17) is 4.74 Å². The Morgan fingerprint density at radius 3 is 2.67 bits per heavy atom. The maximum absolute atomic E-state index is 11.9. The number of anilines is 1. The van der Waals surface area contributed by atoms with Crippen LogP contribution in [0.4, 0.5) is 5.69 Å². The fourth-order valence-corrected chi connectivity index (χ4v) is 1.72. The van der Waals surface area contributed by atoms with Crippen molar-refractivity contribution in [1.29, 1.82) is 0 Å². The van der Waals surface area contributed by atoms with Gasteiger partial charge in [-0.15, -0.1) is 0 Å². The molecule has 1 aromatic rings. The van der Waals surface area contributed by atoms with Crippen LogP contribution in [-0.4, -0.2) is 50.6 Å². The van der Waals surface area contributed by atoms with Crippen LogP contribution in [0, 0.1) is 0 Å². The Morgan fingerprint density at radius 1 is 1.29 bits per heavy atom. The molecule has 2 N–H and O–H groups in total. The maximum atomic E-state index is 11.9. The molecular weight excluding hydrogens is 270 g/mol. The highest BCUT2D eigenvalue weighted by Gasteiger charge is 2.09. The van der Waals surface area contributed by atoms with Crippen LogP contribution >= 0.6 is 0 Å². The summed E-state index contributed by atoms with van der Waals surface area (Å²) < 4.78 is 4.90. The summed E-state index contributed by atoms with van der Waals surface area (Å²) in [6.45, 7) is 3.38. The first-order valence-corrected chi connectivity index (χ1v) is 6.83. The highest BCUT2D eigenvalue weighted by Crippen LogP contribution is 2.16. The van der Waals surface area contributed by atoms with Crippen LogP contribution in [0.25, 0.3) is 0 Å².